The Labute approximate surface area is 130 Å². The molecule has 0 amide bonds. The van der Waals surface area contributed by atoms with Gasteiger partial charge >= 0.3 is 0 Å². The first kappa shape index (κ1) is 13.9. The molecular weight excluding hydrogens is 332 g/mol. The molecule has 1 aliphatic rings. The van der Waals surface area contributed by atoms with Gasteiger partial charge in [0.05, 0.1) is 5.69 Å². The lowest BCUT2D eigenvalue weighted by atomic mass is 10.1. The molecule has 0 saturated heterocycles. The van der Waals surface area contributed by atoms with Crippen molar-refractivity contribution < 1.29 is 5.11 Å². The predicted molar refractivity (Wildman–Crippen MR) is 87.7 cm³/mol. The molecule has 1 aromatic heterocycles. The Bertz CT molecular complexity index is 855. The molecule has 0 fully saturated rings. The van der Waals surface area contributed by atoms with E-state index in [4.69, 9.17) is 0 Å². The van der Waals surface area contributed by atoms with E-state index < -0.39 is 0 Å². The molecule has 5 nitrogen and oxygen atoms in total. The molecule has 1 aromatic carbocycles. The van der Waals surface area contributed by atoms with Crippen LogP contribution in [0, 0.1) is 0 Å². The summed E-state index contributed by atoms with van der Waals surface area (Å²) in [4.78, 5) is 8.58. The van der Waals surface area contributed by atoms with Crippen molar-refractivity contribution in [2.75, 3.05) is 7.05 Å². The Morgan fingerprint density at radius 3 is 2.71 bits per heavy atom. The monoisotopic (exact) mass is 346 g/mol. The highest BCUT2D eigenvalue weighted by Crippen LogP contribution is 2.38. The number of hydrogen-bond acceptors (Lipinski definition) is 3. The second kappa shape index (κ2) is 5.04. The van der Waals surface area contributed by atoms with Crippen LogP contribution in [0.1, 0.15) is 11.3 Å². The minimum Gasteiger partial charge on any atom is -0.493 e. The van der Waals surface area contributed by atoms with Gasteiger partial charge in [-0.3, -0.25) is 14.6 Å². The van der Waals surface area contributed by atoms with E-state index in [1.54, 1.807) is 18.7 Å². The number of imidazole rings is 1. The number of aliphatic imine (C=N–C) groups is 1. The van der Waals surface area contributed by atoms with Gasteiger partial charge in [-0.05, 0) is 18.2 Å². The van der Waals surface area contributed by atoms with Gasteiger partial charge in [-0.2, -0.15) is 0 Å². The molecular formula is C15H15BrN4O. The van der Waals surface area contributed by atoms with Crippen LogP contribution in [-0.2, 0) is 14.1 Å². The zero-order valence-electron chi connectivity index (χ0n) is 12.0. The Kier molecular flexibility index (Phi) is 3.33. The van der Waals surface area contributed by atoms with E-state index in [1.165, 1.54) is 0 Å². The van der Waals surface area contributed by atoms with E-state index in [0.29, 0.717) is 11.3 Å². The van der Waals surface area contributed by atoms with E-state index in [0.717, 1.165) is 21.3 Å². The molecule has 6 heteroatoms. The molecule has 0 aliphatic carbocycles. The molecule has 108 valence electrons. The number of aromatic hydroxyl groups is 1. The minimum atomic E-state index is 0.180. The highest BCUT2D eigenvalue weighted by molar-refractivity contribution is 9.10. The fraction of sp³-hybridized carbons (Fsp3) is 0.200. The van der Waals surface area contributed by atoms with E-state index in [9.17, 15) is 5.11 Å². The summed E-state index contributed by atoms with van der Waals surface area (Å²) >= 11 is 3.56. The summed E-state index contributed by atoms with van der Waals surface area (Å²) in [6.07, 6.45) is 3.73. The second-order valence-electron chi connectivity index (χ2n) is 4.84. The number of aromatic nitrogens is 2. The molecule has 0 bridgehead atoms. The van der Waals surface area contributed by atoms with Gasteiger partial charge < -0.3 is 9.67 Å². The lowest BCUT2D eigenvalue weighted by Gasteiger charge is -2.03. The highest BCUT2D eigenvalue weighted by Gasteiger charge is 2.18. The third-order valence-electron chi connectivity index (χ3n) is 3.62. The summed E-state index contributed by atoms with van der Waals surface area (Å²) in [6.45, 7) is 0. The molecule has 1 aliphatic heterocycles. The van der Waals surface area contributed by atoms with Crippen molar-refractivity contribution >= 4 is 39.5 Å². The first-order valence-electron chi connectivity index (χ1n) is 6.46. The SMILES string of the molecule is CN=c1n(C)c(O)c(C=C2C=Nc3cccc(Br)c32)n1C. The van der Waals surface area contributed by atoms with Crippen LogP contribution >= 0.6 is 15.9 Å². The largest absolute Gasteiger partial charge is 0.493 e. The maximum atomic E-state index is 10.3. The maximum absolute atomic E-state index is 10.3. The van der Waals surface area contributed by atoms with Crippen LogP contribution in [-0.4, -0.2) is 27.5 Å². The average molecular weight is 347 g/mol. The quantitative estimate of drug-likeness (QED) is 0.847. The summed E-state index contributed by atoms with van der Waals surface area (Å²) in [6, 6.07) is 5.91. The molecule has 0 radical (unpaired) electrons. The van der Waals surface area contributed by atoms with Crippen molar-refractivity contribution in [1.29, 1.82) is 0 Å². The van der Waals surface area contributed by atoms with Gasteiger partial charge in [-0.1, -0.05) is 22.0 Å². The van der Waals surface area contributed by atoms with Gasteiger partial charge in [0.25, 0.3) is 0 Å². The average Bonchev–Trinajstić information content (AvgIpc) is 2.96. The molecule has 0 saturated carbocycles. The summed E-state index contributed by atoms with van der Waals surface area (Å²) < 4.78 is 4.49. The van der Waals surface area contributed by atoms with Gasteiger partial charge in [-0.25, -0.2) is 0 Å². The standard InChI is InChI=1S/C15H15BrN4O/c1-17-15-19(2)12(14(21)20(15)3)7-9-8-18-11-6-4-5-10(16)13(9)11/h4-8,21H,1-3H3. The number of nitrogens with zero attached hydrogens (tertiary/aromatic N) is 4. The highest BCUT2D eigenvalue weighted by atomic mass is 79.9. The topological polar surface area (TPSA) is 54.8 Å². The van der Waals surface area contributed by atoms with E-state index >= 15 is 0 Å². The summed E-state index contributed by atoms with van der Waals surface area (Å²) in [5.74, 6) is 0.180. The fourth-order valence-corrected chi connectivity index (χ4v) is 3.16. The fourth-order valence-electron chi connectivity index (χ4n) is 2.58. The predicted octanol–water partition coefficient (Wildman–Crippen LogP) is 2.62. The first-order valence-corrected chi connectivity index (χ1v) is 7.26. The van der Waals surface area contributed by atoms with Crippen molar-refractivity contribution in [1.82, 2.24) is 9.13 Å². The van der Waals surface area contributed by atoms with Crippen molar-refractivity contribution in [3.63, 3.8) is 0 Å². The Morgan fingerprint density at radius 2 is 2.05 bits per heavy atom. The van der Waals surface area contributed by atoms with Crippen LogP contribution in [0.2, 0.25) is 0 Å². The molecule has 1 N–H and O–H groups in total. The number of halogens is 1. The zero-order chi connectivity index (χ0) is 15.1. The zero-order valence-corrected chi connectivity index (χ0v) is 13.6. The van der Waals surface area contributed by atoms with Gasteiger partial charge in [0.15, 0.2) is 0 Å². The summed E-state index contributed by atoms with van der Waals surface area (Å²) in [7, 11) is 5.36. The van der Waals surface area contributed by atoms with Crippen molar-refractivity contribution in [2.45, 2.75) is 0 Å². The number of fused-ring (bicyclic) bond motifs is 1. The van der Waals surface area contributed by atoms with Crippen molar-refractivity contribution in [3.05, 3.63) is 39.5 Å². The second-order valence-corrected chi connectivity index (χ2v) is 5.70. The molecule has 0 spiro atoms. The normalized spacial score (nSPS) is 16.0. The molecule has 0 unspecified atom stereocenters. The molecule has 3 rings (SSSR count). The number of allylic oxidation sites excluding steroid dienone is 1. The van der Waals surface area contributed by atoms with Crippen LogP contribution in [0.3, 0.4) is 0 Å². The van der Waals surface area contributed by atoms with E-state index in [1.807, 2.05) is 42.1 Å². The third kappa shape index (κ3) is 2.06. The smallest absolute Gasteiger partial charge is 0.218 e. The third-order valence-corrected chi connectivity index (χ3v) is 4.28. The molecule has 2 heterocycles. The van der Waals surface area contributed by atoms with Gasteiger partial charge in [0.1, 0.15) is 5.69 Å². The van der Waals surface area contributed by atoms with E-state index in [-0.39, 0.29) is 5.88 Å². The van der Waals surface area contributed by atoms with Gasteiger partial charge in [-0.15, -0.1) is 0 Å². The lowest BCUT2D eigenvalue weighted by molar-refractivity contribution is 0.427. The number of hydrogen-bond donors (Lipinski definition) is 1. The van der Waals surface area contributed by atoms with Crippen molar-refractivity contribution in [3.8, 4) is 5.88 Å². The lowest BCUT2D eigenvalue weighted by Crippen LogP contribution is -2.22. The van der Waals surface area contributed by atoms with Crippen LogP contribution < -0.4 is 5.62 Å². The maximum Gasteiger partial charge on any atom is 0.218 e. The van der Waals surface area contributed by atoms with E-state index in [2.05, 4.69) is 25.9 Å². The minimum absolute atomic E-state index is 0.180. The van der Waals surface area contributed by atoms with Crippen molar-refractivity contribution in [2.24, 2.45) is 24.1 Å². The Balaban J connectivity index is 2.22. The first-order chi connectivity index (χ1) is 10.0. The number of rotatable bonds is 1. The van der Waals surface area contributed by atoms with Crippen LogP contribution in [0.4, 0.5) is 5.69 Å². The van der Waals surface area contributed by atoms with Crippen LogP contribution in [0.15, 0.2) is 32.7 Å². The van der Waals surface area contributed by atoms with Gasteiger partial charge in [0, 0.05) is 43.0 Å². The summed E-state index contributed by atoms with van der Waals surface area (Å²) in [5, 5.41) is 10.3. The van der Waals surface area contributed by atoms with Crippen LogP contribution in [0.25, 0.3) is 11.6 Å². The van der Waals surface area contributed by atoms with Crippen LogP contribution in [0.5, 0.6) is 5.88 Å². The molecule has 0 atom stereocenters. The molecule has 2 aromatic rings. The molecule has 21 heavy (non-hydrogen) atoms. The Morgan fingerprint density at radius 1 is 1.29 bits per heavy atom. The van der Waals surface area contributed by atoms with Gasteiger partial charge in [0.2, 0.25) is 11.5 Å². The summed E-state index contributed by atoms with van der Waals surface area (Å²) in [5.41, 5.74) is 4.31. The number of benzene rings is 1. The Hall–Kier alpha value is -2.08.